The van der Waals surface area contributed by atoms with Crippen LogP contribution in [0.1, 0.15) is 11.1 Å². The number of nitrogens with one attached hydrogen (secondary N) is 1. The van der Waals surface area contributed by atoms with E-state index in [4.69, 9.17) is 9.47 Å². The predicted octanol–water partition coefficient (Wildman–Crippen LogP) is 5.50. The largest absolute Gasteiger partial charge is 0.454 e. The molecule has 4 heterocycles. The number of aromatic nitrogens is 3. The molecule has 7 heteroatoms. The van der Waals surface area contributed by atoms with Crippen LogP contribution in [0.5, 0.6) is 11.5 Å². The summed E-state index contributed by atoms with van der Waals surface area (Å²) in [7, 11) is 0. The molecule has 0 unspecified atom stereocenters. The number of nitrogens with zero attached hydrogens (tertiary/aromatic N) is 3. The second kappa shape index (κ2) is 7.52. The SMILES string of the molecule is c1cnc2sc3c(Nc4ccc(CCc5ccc6c(c5)OCO6)cc4)ncnc3c2c1. The number of pyridine rings is 1. The van der Waals surface area contributed by atoms with Gasteiger partial charge in [0.1, 0.15) is 11.2 Å². The first kappa shape index (κ1) is 18.1. The first-order valence-corrected chi connectivity index (χ1v) is 10.9. The van der Waals surface area contributed by atoms with E-state index in [-0.39, 0.29) is 0 Å². The van der Waals surface area contributed by atoms with Crippen LogP contribution in [0.25, 0.3) is 20.4 Å². The van der Waals surface area contributed by atoms with E-state index in [1.807, 2.05) is 18.2 Å². The highest BCUT2D eigenvalue weighted by molar-refractivity contribution is 7.25. The molecular weight excluding hydrogens is 408 g/mol. The quantitative estimate of drug-likeness (QED) is 0.400. The number of benzene rings is 2. The minimum Gasteiger partial charge on any atom is -0.454 e. The Morgan fingerprint density at radius 2 is 1.71 bits per heavy atom. The van der Waals surface area contributed by atoms with E-state index in [2.05, 4.69) is 56.7 Å². The minimum atomic E-state index is 0.309. The number of hydrogen-bond donors (Lipinski definition) is 1. The van der Waals surface area contributed by atoms with Gasteiger partial charge in [0.2, 0.25) is 6.79 Å². The van der Waals surface area contributed by atoms with Crippen molar-refractivity contribution in [2.45, 2.75) is 12.8 Å². The van der Waals surface area contributed by atoms with Crippen molar-refractivity contribution in [2.24, 2.45) is 0 Å². The molecular formula is C24H18N4O2S. The third-order valence-corrected chi connectivity index (χ3v) is 6.49. The fourth-order valence-electron chi connectivity index (χ4n) is 3.78. The summed E-state index contributed by atoms with van der Waals surface area (Å²) in [6.45, 7) is 0.309. The van der Waals surface area contributed by atoms with Crippen LogP contribution in [0.4, 0.5) is 11.5 Å². The number of anilines is 2. The Labute approximate surface area is 182 Å². The van der Waals surface area contributed by atoms with Gasteiger partial charge >= 0.3 is 0 Å². The molecule has 0 radical (unpaired) electrons. The minimum absolute atomic E-state index is 0.309. The normalized spacial score (nSPS) is 12.5. The number of hydrogen-bond acceptors (Lipinski definition) is 7. The van der Waals surface area contributed by atoms with E-state index < -0.39 is 0 Å². The van der Waals surface area contributed by atoms with Crippen molar-refractivity contribution >= 4 is 43.3 Å². The highest BCUT2D eigenvalue weighted by Gasteiger charge is 2.14. The zero-order valence-electron chi connectivity index (χ0n) is 16.5. The molecule has 0 amide bonds. The highest BCUT2D eigenvalue weighted by Crippen LogP contribution is 2.35. The zero-order chi connectivity index (χ0) is 20.6. The van der Waals surface area contributed by atoms with Crippen LogP contribution in [-0.2, 0) is 12.8 Å². The van der Waals surface area contributed by atoms with Crippen molar-refractivity contribution in [3.05, 3.63) is 78.2 Å². The molecule has 0 saturated heterocycles. The monoisotopic (exact) mass is 426 g/mol. The van der Waals surface area contributed by atoms with Crippen LogP contribution in [0.3, 0.4) is 0 Å². The van der Waals surface area contributed by atoms with E-state index in [1.54, 1.807) is 23.9 Å². The maximum atomic E-state index is 5.47. The van der Waals surface area contributed by atoms with E-state index >= 15 is 0 Å². The molecule has 0 atom stereocenters. The molecule has 0 saturated carbocycles. The molecule has 1 aliphatic rings. The van der Waals surface area contributed by atoms with Crippen LogP contribution in [0.2, 0.25) is 0 Å². The fourth-order valence-corrected chi connectivity index (χ4v) is 4.82. The van der Waals surface area contributed by atoms with Crippen molar-refractivity contribution in [1.29, 1.82) is 0 Å². The van der Waals surface area contributed by atoms with Gasteiger partial charge in [0.05, 0.1) is 10.2 Å². The number of ether oxygens (including phenoxy) is 2. The fraction of sp³-hybridized carbons (Fsp3) is 0.125. The predicted molar refractivity (Wildman–Crippen MR) is 122 cm³/mol. The van der Waals surface area contributed by atoms with Gasteiger partial charge in [0.25, 0.3) is 0 Å². The van der Waals surface area contributed by atoms with Crippen molar-refractivity contribution < 1.29 is 9.47 Å². The Morgan fingerprint density at radius 1 is 0.871 bits per heavy atom. The van der Waals surface area contributed by atoms with Gasteiger partial charge in [-0.05, 0) is 60.4 Å². The van der Waals surface area contributed by atoms with Crippen LogP contribution >= 0.6 is 11.3 Å². The molecule has 0 spiro atoms. The molecule has 31 heavy (non-hydrogen) atoms. The smallest absolute Gasteiger partial charge is 0.231 e. The van der Waals surface area contributed by atoms with E-state index in [0.29, 0.717) is 6.79 Å². The van der Waals surface area contributed by atoms with Crippen molar-refractivity contribution in [3.63, 3.8) is 0 Å². The average molecular weight is 427 g/mol. The van der Waals surface area contributed by atoms with Crippen molar-refractivity contribution in [2.75, 3.05) is 12.1 Å². The van der Waals surface area contributed by atoms with Gasteiger partial charge in [0, 0.05) is 17.3 Å². The molecule has 0 aliphatic carbocycles. The molecule has 1 N–H and O–H groups in total. The standard InChI is InChI=1S/C24H18N4O2S/c1-2-18-21-22(31-24(18)25-11-1)23(27-13-26-21)28-17-8-5-15(6-9-17)3-4-16-7-10-19-20(12-16)30-14-29-19/h1-2,5-13H,3-4,14H2,(H,26,27,28). The van der Waals surface area contributed by atoms with Crippen molar-refractivity contribution in [3.8, 4) is 11.5 Å². The van der Waals surface area contributed by atoms with E-state index in [9.17, 15) is 0 Å². The average Bonchev–Trinajstić information content (AvgIpc) is 3.43. The molecule has 5 aromatic rings. The number of fused-ring (bicyclic) bond motifs is 4. The highest BCUT2D eigenvalue weighted by atomic mass is 32.1. The second-order valence-corrected chi connectivity index (χ2v) is 8.37. The van der Waals surface area contributed by atoms with Gasteiger partial charge < -0.3 is 14.8 Å². The summed E-state index contributed by atoms with van der Waals surface area (Å²) in [6, 6.07) is 18.6. The lowest BCUT2D eigenvalue weighted by Gasteiger charge is -2.08. The molecule has 6 rings (SSSR count). The Kier molecular flexibility index (Phi) is 4.39. The summed E-state index contributed by atoms with van der Waals surface area (Å²) in [6.07, 6.45) is 5.31. The summed E-state index contributed by atoms with van der Waals surface area (Å²) in [5, 5.41) is 4.50. The Bertz CT molecular complexity index is 1400. The van der Waals surface area contributed by atoms with Gasteiger partial charge in [-0.3, -0.25) is 0 Å². The zero-order valence-corrected chi connectivity index (χ0v) is 17.4. The summed E-state index contributed by atoms with van der Waals surface area (Å²) in [5.41, 5.74) is 4.46. The molecule has 152 valence electrons. The first-order chi connectivity index (χ1) is 15.3. The summed E-state index contributed by atoms with van der Waals surface area (Å²) in [5.74, 6) is 2.47. The van der Waals surface area contributed by atoms with Crippen LogP contribution in [0, 0.1) is 0 Å². The lowest BCUT2D eigenvalue weighted by molar-refractivity contribution is 0.174. The maximum absolute atomic E-state index is 5.47. The Balaban J connectivity index is 1.18. The topological polar surface area (TPSA) is 69.2 Å². The lowest BCUT2D eigenvalue weighted by Crippen LogP contribution is -1.96. The van der Waals surface area contributed by atoms with Crippen LogP contribution in [-0.4, -0.2) is 21.7 Å². The van der Waals surface area contributed by atoms with E-state index in [1.165, 1.54) is 11.1 Å². The number of aryl methyl sites for hydroxylation is 2. The number of thiophene rings is 1. The molecule has 2 aromatic carbocycles. The second-order valence-electron chi connectivity index (χ2n) is 7.37. The summed E-state index contributed by atoms with van der Waals surface area (Å²) < 4.78 is 11.9. The van der Waals surface area contributed by atoms with E-state index in [0.717, 1.165) is 56.3 Å². The Morgan fingerprint density at radius 3 is 2.65 bits per heavy atom. The molecule has 3 aromatic heterocycles. The summed E-state index contributed by atoms with van der Waals surface area (Å²) >= 11 is 1.61. The molecule has 1 aliphatic heterocycles. The number of rotatable bonds is 5. The molecule has 0 bridgehead atoms. The van der Waals surface area contributed by atoms with Gasteiger partial charge in [-0.1, -0.05) is 18.2 Å². The summed E-state index contributed by atoms with van der Waals surface area (Å²) in [4.78, 5) is 14.3. The van der Waals surface area contributed by atoms with Gasteiger partial charge in [-0.2, -0.15) is 0 Å². The first-order valence-electron chi connectivity index (χ1n) is 10.1. The van der Waals surface area contributed by atoms with Crippen LogP contribution < -0.4 is 14.8 Å². The third-order valence-electron chi connectivity index (χ3n) is 5.38. The Hall–Kier alpha value is -3.71. The van der Waals surface area contributed by atoms with Crippen molar-refractivity contribution in [1.82, 2.24) is 15.0 Å². The van der Waals surface area contributed by atoms with Gasteiger partial charge in [0.15, 0.2) is 17.3 Å². The maximum Gasteiger partial charge on any atom is 0.231 e. The van der Waals surface area contributed by atoms with Gasteiger partial charge in [-0.15, -0.1) is 11.3 Å². The molecule has 6 nitrogen and oxygen atoms in total. The third kappa shape index (κ3) is 3.43. The van der Waals surface area contributed by atoms with Gasteiger partial charge in [-0.25, -0.2) is 15.0 Å². The molecule has 0 fully saturated rings. The van der Waals surface area contributed by atoms with Crippen LogP contribution in [0.15, 0.2) is 67.1 Å². The lowest BCUT2D eigenvalue weighted by atomic mass is 10.0.